The summed E-state index contributed by atoms with van der Waals surface area (Å²) < 4.78 is 11.4. The van der Waals surface area contributed by atoms with E-state index in [4.69, 9.17) is 9.47 Å². The molecule has 3 rings (SSSR count). The minimum Gasteiger partial charge on any atom is -0.466 e. The Morgan fingerprint density at radius 2 is 2.24 bits per heavy atom. The number of hydrogen-bond acceptors (Lipinski definition) is 9. The van der Waals surface area contributed by atoms with Crippen LogP contribution in [-0.4, -0.2) is 51.9 Å². The monoisotopic (exact) mass is 346 g/mol. The van der Waals surface area contributed by atoms with Crippen LogP contribution in [0.5, 0.6) is 0 Å². The Kier molecular flexibility index (Phi) is 4.39. The second-order valence-corrected chi connectivity index (χ2v) is 5.14. The SMILES string of the molecule is COCC1=C(C(=O)OC)[C@H](c2cccc([N+](=O)[O-])c2)n2nnnc2N1. The lowest BCUT2D eigenvalue weighted by molar-refractivity contribution is -0.384. The molecule has 1 aliphatic heterocycles. The molecule has 11 heteroatoms. The Morgan fingerprint density at radius 1 is 1.44 bits per heavy atom. The second-order valence-electron chi connectivity index (χ2n) is 5.14. The number of carbonyl (C=O) groups excluding carboxylic acids is 1. The number of methoxy groups -OCH3 is 2. The lowest BCUT2D eigenvalue weighted by Gasteiger charge is -2.28. The number of nitro benzene ring substituents is 1. The predicted molar refractivity (Wildman–Crippen MR) is 83.6 cm³/mol. The molecule has 0 spiro atoms. The number of rotatable bonds is 5. The third-order valence-corrected chi connectivity index (χ3v) is 3.69. The summed E-state index contributed by atoms with van der Waals surface area (Å²) in [6, 6.07) is 5.13. The van der Waals surface area contributed by atoms with Gasteiger partial charge in [0.2, 0.25) is 5.95 Å². The Hall–Kier alpha value is -3.34. The topological polar surface area (TPSA) is 134 Å². The van der Waals surface area contributed by atoms with Gasteiger partial charge < -0.3 is 14.8 Å². The number of esters is 1. The average molecular weight is 346 g/mol. The summed E-state index contributed by atoms with van der Waals surface area (Å²) in [4.78, 5) is 23.0. The first kappa shape index (κ1) is 16.5. The standard InChI is InChI=1S/C14H14N6O5/c1-24-7-10-11(13(21)25-2)12(19-14(15-10)16-17-18-19)8-4-3-5-9(6-8)20(22)23/h3-6,12H,7H2,1-2H3,(H,15,16,18)/t12-/m0/s1. The molecule has 0 aliphatic carbocycles. The number of benzene rings is 1. The van der Waals surface area contributed by atoms with Gasteiger partial charge in [0.15, 0.2) is 0 Å². The number of anilines is 1. The van der Waals surface area contributed by atoms with Crippen molar-refractivity contribution >= 4 is 17.6 Å². The van der Waals surface area contributed by atoms with Crippen molar-refractivity contribution in [3.8, 4) is 0 Å². The first-order chi connectivity index (χ1) is 12.1. The summed E-state index contributed by atoms with van der Waals surface area (Å²) in [7, 11) is 2.73. The first-order valence-corrected chi connectivity index (χ1v) is 7.16. The van der Waals surface area contributed by atoms with Crippen LogP contribution in [0.1, 0.15) is 11.6 Å². The van der Waals surface area contributed by atoms with Crippen LogP contribution in [0.2, 0.25) is 0 Å². The molecule has 0 amide bonds. The third-order valence-electron chi connectivity index (χ3n) is 3.69. The van der Waals surface area contributed by atoms with Gasteiger partial charge in [-0.25, -0.2) is 4.79 Å². The molecule has 1 aliphatic rings. The first-order valence-electron chi connectivity index (χ1n) is 7.16. The molecule has 0 fully saturated rings. The van der Waals surface area contributed by atoms with Gasteiger partial charge in [0.1, 0.15) is 6.04 Å². The highest BCUT2D eigenvalue weighted by Crippen LogP contribution is 2.36. The highest BCUT2D eigenvalue weighted by atomic mass is 16.6. The molecule has 25 heavy (non-hydrogen) atoms. The van der Waals surface area contributed by atoms with Crippen LogP contribution in [0.25, 0.3) is 0 Å². The number of nitrogens with zero attached hydrogens (tertiary/aromatic N) is 5. The van der Waals surface area contributed by atoms with Crippen molar-refractivity contribution in [2.75, 3.05) is 26.1 Å². The Labute approximate surface area is 141 Å². The van der Waals surface area contributed by atoms with E-state index >= 15 is 0 Å². The molecule has 11 nitrogen and oxygen atoms in total. The fraction of sp³-hybridized carbons (Fsp3) is 0.286. The fourth-order valence-electron chi connectivity index (χ4n) is 2.66. The molecule has 1 aromatic carbocycles. The molecule has 1 N–H and O–H groups in total. The molecule has 130 valence electrons. The maximum absolute atomic E-state index is 12.4. The Bertz CT molecular complexity index is 861. The molecule has 0 bridgehead atoms. The van der Waals surface area contributed by atoms with E-state index in [-0.39, 0.29) is 23.8 Å². The van der Waals surface area contributed by atoms with Gasteiger partial charge in [-0.3, -0.25) is 10.1 Å². The summed E-state index contributed by atoms with van der Waals surface area (Å²) in [5, 5.41) is 25.4. The number of non-ortho nitro benzene ring substituents is 1. The van der Waals surface area contributed by atoms with Crippen LogP contribution in [-0.2, 0) is 14.3 Å². The maximum atomic E-state index is 12.4. The lowest BCUT2D eigenvalue weighted by atomic mass is 9.95. The van der Waals surface area contributed by atoms with E-state index < -0.39 is 16.9 Å². The molecule has 0 saturated heterocycles. The van der Waals surface area contributed by atoms with Crippen molar-refractivity contribution in [2.24, 2.45) is 0 Å². The van der Waals surface area contributed by atoms with Gasteiger partial charge in [-0.1, -0.05) is 17.2 Å². The van der Waals surface area contributed by atoms with Crippen molar-refractivity contribution in [1.82, 2.24) is 20.2 Å². The van der Waals surface area contributed by atoms with Crippen LogP contribution in [0.4, 0.5) is 11.6 Å². The maximum Gasteiger partial charge on any atom is 0.338 e. The highest BCUT2D eigenvalue weighted by molar-refractivity contribution is 5.92. The molecular weight excluding hydrogens is 332 g/mol. The number of carbonyl (C=O) groups is 1. The van der Waals surface area contributed by atoms with E-state index in [0.29, 0.717) is 11.3 Å². The molecule has 0 saturated carbocycles. The summed E-state index contributed by atoms with van der Waals surface area (Å²) in [5.41, 5.74) is 0.999. The molecule has 1 atom stereocenters. The van der Waals surface area contributed by atoms with Gasteiger partial charge >= 0.3 is 5.97 Å². The fourth-order valence-corrected chi connectivity index (χ4v) is 2.66. The molecule has 2 aromatic rings. The number of ether oxygens (including phenoxy) is 2. The predicted octanol–water partition coefficient (Wildman–Crippen LogP) is 0.670. The van der Waals surface area contributed by atoms with Gasteiger partial charge in [0, 0.05) is 19.2 Å². The molecule has 2 heterocycles. The lowest BCUT2D eigenvalue weighted by Crippen LogP contribution is -2.31. The van der Waals surface area contributed by atoms with Gasteiger partial charge in [-0.15, -0.1) is 0 Å². The van der Waals surface area contributed by atoms with E-state index in [1.165, 1.54) is 37.1 Å². The average Bonchev–Trinajstić information content (AvgIpc) is 3.08. The molecule has 0 radical (unpaired) electrons. The van der Waals surface area contributed by atoms with Crippen molar-refractivity contribution in [2.45, 2.75) is 6.04 Å². The summed E-state index contributed by atoms with van der Waals surface area (Å²) in [6.45, 7) is 0.0860. The Balaban J connectivity index is 2.21. The Morgan fingerprint density at radius 3 is 2.92 bits per heavy atom. The summed E-state index contributed by atoms with van der Waals surface area (Å²) >= 11 is 0. The number of fused-ring (bicyclic) bond motifs is 1. The van der Waals surface area contributed by atoms with E-state index in [0.717, 1.165) is 0 Å². The number of nitrogens with one attached hydrogen (secondary N) is 1. The van der Waals surface area contributed by atoms with E-state index in [2.05, 4.69) is 20.8 Å². The van der Waals surface area contributed by atoms with Gasteiger partial charge in [0.05, 0.1) is 29.9 Å². The normalized spacial score (nSPS) is 16.2. The number of tetrazole rings is 1. The minimum atomic E-state index is -0.788. The molecule has 1 aromatic heterocycles. The zero-order chi connectivity index (χ0) is 18.0. The van der Waals surface area contributed by atoms with E-state index in [9.17, 15) is 14.9 Å². The van der Waals surface area contributed by atoms with Crippen molar-refractivity contribution in [3.63, 3.8) is 0 Å². The summed E-state index contributed by atoms with van der Waals surface area (Å²) in [5.74, 6) is -0.326. The van der Waals surface area contributed by atoms with Crippen LogP contribution >= 0.6 is 0 Å². The van der Waals surface area contributed by atoms with E-state index in [1.807, 2.05) is 0 Å². The number of hydrogen-bond donors (Lipinski definition) is 1. The van der Waals surface area contributed by atoms with E-state index in [1.54, 1.807) is 6.07 Å². The molecule has 0 unspecified atom stereocenters. The van der Waals surface area contributed by atoms with Crippen molar-refractivity contribution in [3.05, 3.63) is 51.2 Å². The largest absolute Gasteiger partial charge is 0.466 e. The van der Waals surface area contributed by atoms with Crippen LogP contribution in [0.3, 0.4) is 0 Å². The number of nitro groups is 1. The zero-order valence-corrected chi connectivity index (χ0v) is 13.4. The van der Waals surface area contributed by atoms with Crippen molar-refractivity contribution in [1.29, 1.82) is 0 Å². The molecular formula is C14H14N6O5. The smallest absolute Gasteiger partial charge is 0.338 e. The quantitative estimate of drug-likeness (QED) is 0.471. The van der Waals surface area contributed by atoms with Crippen molar-refractivity contribution < 1.29 is 19.2 Å². The van der Waals surface area contributed by atoms with Crippen LogP contribution in [0, 0.1) is 10.1 Å². The third kappa shape index (κ3) is 2.92. The van der Waals surface area contributed by atoms with Crippen LogP contribution < -0.4 is 5.32 Å². The summed E-state index contributed by atoms with van der Waals surface area (Å²) in [6.07, 6.45) is 0. The second kappa shape index (κ2) is 6.65. The minimum absolute atomic E-state index is 0.0860. The van der Waals surface area contributed by atoms with Gasteiger partial charge in [-0.05, 0) is 16.0 Å². The van der Waals surface area contributed by atoms with Gasteiger partial charge in [0.25, 0.3) is 5.69 Å². The highest BCUT2D eigenvalue weighted by Gasteiger charge is 2.36. The number of aromatic nitrogens is 4. The zero-order valence-electron chi connectivity index (χ0n) is 13.4. The van der Waals surface area contributed by atoms with Gasteiger partial charge in [-0.2, -0.15) is 4.68 Å². The van der Waals surface area contributed by atoms with Crippen LogP contribution in [0.15, 0.2) is 35.5 Å².